The van der Waals surface area contributed by atoms with Crippen LogP contribution in [0.25, 0.3) is 0 Å². The molecule has 1 amide bonds. The van der Waals surface area contributed by atoms with Crippen molar-refractivity contribution in [2.45, 2.75) is 25.1 Å². The highest BCUT2D eigenvalue weighted by Crippen LogP contribution is 2.39. The Balaban J connectivity index is 1.45. The van der Waals surface area contributed by atoms with Gasteiger partial charge in [0.1, 0.15) is 5.82 Å². The van der Waals surface area contributed by atoms with Gasteiger partial charge in [-0.25, -0.2) is 4.68 Å². The molecule has 2 aliphatic heterocycles. The Hall–Kier alpha value is -3.49. The Morgan fingerprint density at radius 2 is 1.87 bits per heavy atom. The molecule has 0 saturated heterocycles. The molecule has 3 aromatic rings. The molecule has 0 saturated carbocycles. The number of hydrogen-bond donors (Lipinski definition) is 1. The molecule has 6 nitrogen and oxygen atoms in total. The second-order valence-corrected chi connectivity index (χ2v) is 7.22. The Bertz CT molecular complexity index is 1120. The lowest BCUT2D eigenvalue weighted by atomic mass is 9.87. The molecular formula is C21H16F3N3O3. The van der Waals surface area contributed by atoms with Crippen molar-refractivity contribution in [2.75, 3.05) is 12.1 Å². The molecule has 3 heterocycles. The number of halogens is 3. The molecular weight excluding hydrogens is 399 g/mol. The van der Waals surface area contributed by atoms with Gasteiger partial charge in [0.25, 0.3) is 0 Å². The summed E-state index contributed by atoms with van der Waals surface area (Å²) < 4.78 is 51.0. The van der Waals surface area contributed by atoms with E-state index in [4.69, 9.17) is 9.47 Å². The predicted octanol–water partition coefficient (Wildman–Crippen LogP) is 4.15. The third kappa shape index (κ3) is 3.26. The van der Waals surface area contributed by atoms with Gasteiger partial charge in [-0.2, -0.15) is 18.3 Å². The average Bonchev–Trinajstić information content (AvgIpc) is 3.34. The van der Waals surface area contributed by atoms with E-state index in [0.717, 1.165) is 23.3 Å². The molecule has 9 heteroatoms. The fourth-order valence-corrected chi connectivity index (χ4v) is 3.80. The molecule has 154 valence electrons. The van der Waals surface area contributed by atoms with Crippen LogP contribution in [0.3, 0.4) is 0 Å². The van der Waals surface area contributed by atoms with Gasteiger partial charge < -0.3 is 14.8 Å². The van der Waals surface area contributed by atoms with Gasteiger partial charge >= 0.3 is 6.18 Å². The van der Waals surface area contributed by atoms with Gasteiger partial charge in [0.05, 0.1) is 18.3 Å². The summed E-state index contributed by atoms with van der Waals surface area (Å²) in [6.07, 6.45) is -2.60. The Morgan fingerprint density at radius 1 is 1.10 bits per heavy atom. The number of anilines is 1. The molecule has 1 N–H and O–H groups in total. The summed E-state index contributed by atoms with van der Waals surface area (Å²) in [5, 5.41) is 7.25. The second-order valence-electron chi connectivity index (χ2n) is 7.22. The molecule has 0 spiro atoms. The molecule has 0 bridgehead atoms. The molecule has 2 aromatic carbocycles. The number of ether oxygens (including phenoxy) is 2. The van der Waals surface area contributed by atoms with Gasteiger partial charge in [-0.1, -0.05) is 18.2 Å². The summed E-state index contributed by atoms with van der Waals surface area (Å²) in [7, 11) is 0. The Morgan fingerprint density at radius 3 is 2.63 bits per heavy atom. The minimum Gasteiger partial charge on any atom is -0.454 e. The average molecular weight is 415 g/mol. The molecule has 1 aromatic heterocycles. The van der Waals surface area contributed by atoms with E-state index in [1.807, 2.05) is 18.2 Å². The van der Waals surface area contributed by atoms with Crippen LogP contribution in [0.4, 0.5) is 19.0 Å². The number of hydrogen-bond acceptors (Lipinski definition) is 4. The number of nitrogens with one attached hydrogen (secondary N) is 1. The monoisotopic (exact) mass is 415 g/mol. The van der Waals surface area contributed by atoms with Crippen LogP contribution >= 0.6 is 0 Å². The number of fused-ring (bicyclic) bond motifs is 2. The van der Waals surface area contributed by atoms with Gasteiger partial charge in [0.15, 0.2) is 11.5 Å². The van der Waals surface area contributed by atoms with Crippen molar-refractivity contribution in [3.63, 3.8) is 0 Å². The molecule has 2 aliphatic rings. The van der Waals surface area contributed by atoms with Crippen molar-refractivity contribution in [3.8, 4) is 11.5 Å². The quantitative estimate of drug-likeness (QED) is 0.698. The first-order chi connectivity index (χ1) is 14.4. The molecule has 30 heavy (non-hydrogen) atoms. The summed E-state index contributed by atoms with van der Waals surface area (Å²) in [6, 6.07) is 10.5. The maximum atomic E-state index is 12.9. The SMILES string of the molecule is O=C1C[C@H](c2ccc(C(F)(F)F)cc2)c2cnn(Cc3ccc4c(c3)OCO4)c2N1. The van der Waals surface area contributed by atoms with E-state index < -0.39 is 11.7 Å². The first kappa shape index (κ1) is 18.5. The van der Waals surface area contributed by atoms with Crippen molar-refractivity contribution in [1.82, 2.24) is 9.78 Å². The number of amides is 1. The first-order valence-electron chi connectivity index (χ1n) is 9.30. The van der Waals surface area contributed by atoms with Crippen molar-refractivity contribution >= 4 is 11.7 Å². The highest BCUT2D eigenvalue weighted by molar-refractivity contribution is 5.94. The van der Waals surface area contributed by atoms with E-state index in [-0.39, 0.29) is 25.0 Å². The molecule has 0 fully saturated rings. The predicted molar refractivity (Wildman–Crippen MR) is 100 cm³/mol. The third-order valence-corrected chi connectivity index (χ3v) is 5.30. The zero-order chi connectivity index (χ0) is 20.9. The fourth-order valence-electron chi connectivity index (χ4n) is 3.80. The molecule has 0 radical (unpaired) electrons. The number of rotatable bonds is 3. The van der Waals surface area contributed by atoms with Crippen LogP contribution in [-0.4, -0.2) is 22.5 Å². The first-order valence-corrected chi connectivity index (χ1v) is 9.30. The van der Waals surface area contributed by atoms with Crippen LogP contribution in [0, 0.1) is 0 Å². The number of carbonyl (C=O) groups is 1. The number of nitrogens with zero attached hydrogens (tertiary/aromatic N) is 2. The lowest BCUT2D eigenvalue weighted by Crippen LogP contribution is -2.25. The maximum Gasteiger partial charge on any atom is 0.416 e. The summed E-state index contributed by atoms with van der Waals surface area (Å²) in [5.74, 6) is 1.31. The van der Waals surface area contributed by atoms with Gasteiger partial charge in [-0.3, -0.25) is 4.79 Å². The third-order valence-electron chi connectivity index (χ3n) is 5.30. The maximum absolute atomic E-state index is 12.9. The van der Waals surface area contributed by atoms with Gasteiger partial charge in [-0.15, -0.1) is 0 Å². The smallest absolute Gasteiger partial charge is 0.416 e. The van der Waals surface area contributed by atoms with E-state index in [0.29, 0.717) is 29.4 Å². The van der Waals surface area contributed by atoms with E-state index in [1.165, 1.54) is 12.1 Å². The van der Waals surface area contributed by atoms with Crippen molar-refractivity contribution in [1.29, 1.82) is 0 Å². The normalized spacial score (nSPS) is 17.6. The lowest BCUT2D eigenvalue weighted by Gasteiger charge is -2.24. The van der Waals surface area contributed by atoms with Crippen molar-refractivity contribution in [2.24, 2.45) is 0 Å². The zero-order valence-corrected chi connectivity index (χ0v) is 15.6. The van der Waals surface area contributed by atoms with Crippen LogP contribution in [0.2, 0.25) is 0 Å². The van der Waals surface area contributed by atoms with Gasteiger partial charge in [0.2, 0.25) is 12.7 Å². The van der Waals surface area contributed by atoms with Crippen LogP contribution in [0.15, 0.2) is 48.7 Å². The summed E-state index contributed by atoms with van der Waals surface area (Å²) in [6.45, 7) is 0.576. The summed E-state index contributed by atoms with van der Waals surface area (Å²) in [5.41, 5.74) is 1.61. The Labute approximate surface area is 169 Å². The van der Waals surface area contributed by atoms with Crippen LogP contribution in [-0.2, 0) is 17.5 Å². The highest BCUT2D eigenvalue weighted by Gasteiger charge is 2.33. The highest BCUT2D eigenvalue weighted by atomic mass is 19.4. The zero-order valence-electron chi connectivity index (χ0n) is 15.6. The molecule has 0 aliphatic carbocycles. The number of alkyl halides is 3. The fraction of sp³-hybridized carbons (Fsp3) is 0.238. The van der Waals surface area contributed by atoms with Gasteiger partial charge in [0, 0.05) is 17.9 Å². The summed E-state index contributed by atoms with van der Waals surface area (Å²) >= 11 is 0. The largest absolute Gasteiger partial charge is 0.454 e. The number of benzene rings is 2. The lowest BCUT2D eigenvalue weighted by molar-refractivity contribution is -0.137. The minimum atomic E-state index is -4.40. The van der Waals surface area contributed by atoms with Crippen molar-refractivity contribution in [3.05, 3.63) is 70.9 Å². The number of aromatic nitrogens is 2. The van der Waals surface area contributed by atoms with E-state index in [1.54, 1.807) is 10.9 Å². The standard InChI is InChI=1S/C21H16F3N3O3/c22-21(23,24)14-4-2-13(3-5-14)15-8-19(28)26-20-16(15)9-25-27(20)10-12-1-6-17-18(7-12)30-11-29-17/h1-7,9,15H,8,10-11H2,(H,26,28)/t15-/m1/s1. The van der Waals surface area contributed by atoms with Crippen LogP contribution < -0.4 is 14.8 Å². The molecule has 5 rings (SSSR count). The van der Waals surface area contributed by atoms with Crippen LogP contribution in [0.1, 0.15) is 34.6 Å². The topological polar surface area (TPSA) is 65.4 Å². The van der Waals surface area contributed by atoms with Crippen LogP contribution in [0.5, 0.6) is 11.5 Å². The molecule has 0 unspecified atom stereocenters. The minimum absolute atomic E-state index is 0.147. The van der Waals surface area contributed by atoms with E-state index >= 15 is 0 Å². The van der Waals surface area contributed by atoms with Crippen molar-refractivity contribution < 1.29 is 27.4 Å². The summed E-state index contributed by atoms with van der Waals surface area (Å²) in [4.78, 5) is 12.3. The Kier molecular flexibility index (Phi) is 4.19. The van der Waals surface area contributed by atoms with Gasteiger partial charge in [-0.05, 0) is 35.4 Å². The molecule has 1 atom stereocenters. The van der Waals surface area contributed by atoms with E-state index in [9.17, 15) is 18.0 Å². The number of carbonyl (C=O) groups excluding carboxylic acids is 1. The second kappa shape index (κ2) is 6.79. The van der Waals surface area contributed by atoms with E-state index in [2.05, 4.69) is 10.4 Å².